The number of methoxy groups -OCH3 is 2. The number of carbonyl (C=O) groups is 1. The number of rotatable bonds is 11. The van der Waals surface area contributed by atoms with Crippen molar-refractivity contribution in [2.45, 2.75) is 4.90 Å². The number of nitrogens with zero attached hydrogens (tertiary/aromatic N) is 1. The smallest absolute Gasteiger partial charge is 0.264 e. The molecule has 3 aromatic carbocycles. The third-order valence-corrected chi connectivity index (χ3v) is 6.88. The van der Waals surface area contributed by atoms with E-state index in [9.17, 15) is 13.2 Å². The monoisotopic (exact) mass is 504 g/mol. The summed E-state index contributed by atoms with van der Waals surface area (Å²) in [6.45, 7) is -0.111. The van der Waals surface area contributed by atoms with Crippen molar-refractivity contribution in [3.63, 3.8) is 0 Å². The van der Waals surface area contributed by atoms with Crippen LogP contribution in [0.2, 0.25) is 5.02 Å². The van der Waals surface area contributed by atoms with E-state index in [1.165, 1.54) is 38.5 Å². The summed E-state index contributed by atoms with van der Waals surface area (Å²) >= 11 is 6.22. The van der Waals surface area contributed by atoms with Crippen LogP contribution in [0.1, 0.15) is 0 Å². The van der Waals surface area contributed by atoms with Gasteiger partial charge in [0.05, 0.1) is 36.4 Å². The average Bonchev–Trinajstić information content (AvgIpc) is 2.85. The van der Waals surface area contributed by atoms with Crippen LogP contribution in [-0.2, 0) is 14.8 Å². The minimum Gasteiger partial charge on any atom is -0.495 e. The Hall–Kier alpha value is -3.43. The lowest BCUT2D eigenvalue weighted by molar-refractivity contribution is -0.119. The predicted octanol–water partition coefficient (Wildman–Crippen LogP) is 3.75. The molecule has 0 saturated carbocycles. The van der Waals surface area contributed by atoms with Crippen molar-refractivity contribution in [1.29, 1.82) is 0 Å². The first-order chi connectivity index (χ1) is 16.4. The van der Waals surface area contributed by atoms with E-state index >= 15 is 0 Å². The van der Waals surface area contributed by atoms with Crippen molar-refractivity contribution >= 4 is 33.2 Å². The lowest BCUT2D eigenvalue weighted by atomic mass is 10.3. The maximum Gasteiger partial charge on any atom is 0.264 e. The molecule has 0 fully saturated rings. The quantitative estimate of drug-likeness (QED) is 0.400. The first kappa shape index (κ1) is 25.2. The van der Waals surface area contributed by atoms with Crippen molar-refractivity contribution in [2.75, 3.05) is 38.2 Å². The Balaban J connectivity index is 1.73. The molecular formula is C24H25ClN2O6S. The molecule has 0 aromatic heterocycles. The summed E-state index contributed by atoms with van der Waals surface area (Å²) in [6.07, 6.45) is 0. The third kappa shape index (κ3) is 6.12. The minimum absolute atomic E-state index is 0.0502. The number of carbonyl (C=O) groups excluding carboxylic acids is 1. The maximum atomic E-state index is 13.4. The molecule has 0 spiro atoms. The molecule has 8 nitrogen and oxygen atoms in total. The van der Waals surface area contributed by atoms with Gasteiger partial charge in [-0.3, -0.25) is 9.10 Å². The molecule has 10 heteroatoms. The van der Waals surface area contributed by atoms with Crippen LogP contribution in [0, 0.1) is 0 Å². The van der Waals surface area contributed by atoms with E-state index in [1.54, 1.807) is 36.4 Å². The fraction of sp³-hybridized carbons (Fsp3) is 0.208. The van der Waals surface area contributed by atoms with Crippen molar-refractivity contribution < 1.29 is 27.4 Å². The fourth-order valence-electron chi connectivity index (χ4n) is 3.12. The number of halogens is 1. The number of amides is 1. The third-order valence-electron chi connectivity index (χ3n) is 4.79. The molecule has 0 aliphatic carbocycles. The van der Waals surface area contributed by atoms with Crippen LogP contribution in [0.4, 0.5) is 5.69 Å². The molecular weight excluding hydrogens is 480 g/mol. The molecule has 0 aliphatic rings. The predicted molar refractivity (Wildman–Crippen MR) is 130 cm³/mol. The molecule has 3 aromatic rings. The molecule has 0 unspecified atom stereocenters. The lowest BCUT2D eigenvalue weighted by Crippen LogP contribution is -2.41. The summed E-state index contributed by atoms with van der Waals surface area (Å²) in [5, 5.41) is 2.90. The van der Waals surface area contributed by atoms with E-state index < -0.39 is 22.5 Å². The molecule has 0 bridgehead atoms. The highest BCUT2D eigenvalue weighted by atomic mass is 35.5. The maximum absolute atomic E-state index is 13.4. The van der Waals surface area contributed by atoms with Crippen LogP contribution in [0.15, 0.2) is 77.7 Å². The van der Waals surface area contributed by atoms with Crippen molar-refractivity contribution in [3.8, 4) is 17.2 Å². The SMILES string of the molecule is COc1ccc(N(CC(=O)NCCOc2ccccc2OC)S(=O)(=O)c2ccccc2)cc1Cl. The van der Waals surface area contributed by atoms with Gasteiger partial charge in [-0.25, -0.2) is 8.42 Å². The number of benzene rings is 3. The standard InChI is InChI=1S/C24H25ClN2O6S/c1-31-21-13-12-18(16-20(21)25)27(34(29,30)19-8-4-3-5-9-19)17-24(28)26-14-15-33-23-11-7-6-10-22(23)32-2/h3-13,16H,14-15,17H2,1-2H3,(H,26,28). The Labute approximate surface area is 204 Å². The van der Waals surface area contributed by atoms with Crippen LogP contribution in [0.5, 0.6) is 17.2 Å². The van der Waals surface area contributed by atoms with Gasteiger partial charge in [0.25, 0.3) is 10.0 Å². The van der Waals surface area contributed by atoms with Crippen LogP contribution < -0.4 is 23.8 Å². The van der Waals surface area contributed by atoms with Crippen LogP contribution >= 0.6 is 11.6 Å². The van der Waals surface area contributed by atoms with Gasteiger partial charge in [0.15, 0.2) is 11.5 Å². The summed E-state index contributed by atoms with van der Waals surface area (Å²) in [6, 6.07) is 19.5. The number of para-hydroxylation sites is 2. The van der Waals surface area contributed by atoms with Gasteiger partial charge >= 0.3 is 0 Å². The van der Waals surface area contributed by atoms with E-state index in [1.807, 2.05) is 12.1 Å². The number of sulfonamides is 1. The molecule has 1 N–H and O–H groups in total. The van der Waals surface area contributed by atoms with Gasteiger partial charge in [-0.1, -0.05) is 41.9 Å². The number of ether oxygens (including phenoxy) is 3. The van der Waals surface area contributed by atoms with Gasteiger partial charge in [0, 0.05) is 0 Å². The van der Waals surface area contributed by atoms with E-state index in [0.717, 1.165) is 4.31 Å². The van der Waals surface area contributed by atoms with E-state index in [0.29, 0.717) is 17.2 Å². The molecule has 0 heterocycles. The largest absolute Gasteiger partial charge is 0.495 e. The molecule has 34 heavy (non-hydrogen) atoms. The summed E-state index contributed by atoms with van der Waals surface area (Å²) in [5.74, 6) is 1.00. The zero-order valence-corrected chi connectivity index (χ0v) is 20.3. The number of nitrogens with one attached hydrogen (secondary N) is 1. The molecule has 3 rings (SSSR count). The van der Waals surface area contributed by atoms with Crippen LogP contribution in [0.3, 0.4) is 0 Å². The van der Waals surface area contributed by atoms with Crippen LogP contribution in [-0.4, -0.2) is 48.2 Å². The highest BCUT2D eigenvalue weighted by molar-refractivity contribution is 7.92. The lowest BCUT2D eigenvalue weighted by Gasteiger charge is -2.24. The molecule has 0 saturated heterocycles. The average molecular weight is 505 g/mol. The Morgan fingerprint density at radius 2 is 1.56 bits per heavy atom. The van der Waals surface area contributed by atoms with Gasteiger partial charge in [-0.2, -0.15) is 0 Å². The van der Waals surface area contributed by atoms with Gasteiger partial charge in [0.2, 0.25) is 5.91 Å². The summed E-state index contributed by atoms with van der Waals surface area (Å²) in [7, 11) is -1.05. The van der Waals surface area contributed by atoms with Crippen molar-refractivity contribution in [1.82, 2.24) is 5.32 Å². The Kier molecular flexibility index (Phi) is 8.61. The summed E-state index contributed by atoms with van der Waals surface area (Å²) in [4.78, 5) is 12.7. The van der Waals surface area contributed by atoms with Crippen molar-refractivity contribution in [2.24, 2.45) is 0 Å². The number of hydrogen-bond acceptors (Lipinski definition) is 6. The number of hydrogen-bond donors (Lipinski definition) is 1. The van der Waals surface area contributed by atoms with E-state index in [4.69, 9.17) is 25.8 Å². The Bertz CT molecular complexity index is 1220. The summed E-state index contributed by atoms with van der Waals surface area (Å²) in [5.41, 5.74) is 0.232. The molecule has 0 atom stereocenters. The van der Waals surface area contributed by atoms with Gasteiger partial charge in [-0.05, 0) is 42.5 Å². The first-order valence-electron chi connectivity index (χ1n) is 10.3. The van der Waals surface area contributed by atoms with Crippen molar-refractivity contribution in [3.05, 3.63) is 77.8 Å². The molecule has 0 aliphatic heterocycles. The topological polar surface area (TPSA) is 94.2 Å². The molecule has 0 radical (unpaired) electrons. The fourth-order valence-corrected chi connectivity index (χ4v) is 4.81. The first-order valence-corrected chi connectivity index (χ1v) is 12.1. The van der Waals surface area contributed by atoms with Gasteiger partial charge in [-0.15, -0.1) is 0 Å². The van der Waals surface area contributed by atoms with E-state index in [-0.39, 0.29) is 28.8 Å². The molecule has 180 valence electrons. The number of anilines is 1. The second kappa shape index (κ2) is 11.6. The summed E-state index contributed by atoms with van der Waals surface area (Å²) < 4.78 is 43.7. The normalized spacial score (nSPS) is 10.9. The molecule has 1 amide bonds. The van der Waals surface area contributed by atoms with Gasteiger partial charge < -0.3 is 19.5 Å². The highest BCUT2D eigenvalue weighted by Crippen LogP contribution is 2.32. The highest BCUT2D eigenvalue weighted by Gasteiger charge is 2.27. The zero-order chi connectivity index (χ0) is 24.6. The van der Waals surface area contributed by atoms with E-state index in [2.05, 4.69) is 5.32 Å². The Morgan fingerprint density at radius 1 is 0.912 bits per heavy atom. The van der Waals surface area contributed by atoms with Gasteiger partial charge in [0.1, 0.15) is 18.9 Å². The minimum atomic E-state index is -4.04. The van der Waals surface area contributed by atoms with Crippen LogP contribution in [0.25, 0.3) is 0 Å². The Morgan fingerprint density at radius 3 is 2.21 bits per heavy atom. The second-order valence-electron chi connectivity index (χ2n) is 6.99. The second-order valence-corrected chi connectivity index (χ2v) is 9.26. The zero-order valence-electron chi connectivity index (χ0n) is 18.7.